The van der Waals surface area contributed by atoms with E-state index in [-0.39, 0.29) is 5.91 Å². The molecule has 0 saturated carbocycles. The quantitative estimate of drug-likeness (QED) is 0.811. The molecule has 1 rings (SSSR count). The first-order valence-electron chi connectivity index (χ1n) is 4.63. The van der Waals surface area contributed by atoms with Crippen molar-refractivity contribution in [3.8, 4) is 0 Å². The fourth-order valence-electron chi connectivity index (χ4n) is 0.808. The van der Waals surface area contributed by atoms with Gasteiger partial charge in [0.25, 0.3) is 0 Å². The Morgan fingerprint density at radius 1 is 1.35 bits per heavy atom. The van der Waals surface area contributed by atoms with E-state index < -0.39 is 11.3 Å². The van der Waals surface area contributed by atoms with Gasteiger partial charge in [-0.3, -0.25) is 10.1 Å². The van der Waals surface area contributed by atoms with Gasteiger partial charge in [0.05, 0.1) is 5.25 Å². The van der Waals surface area contributed by atoms with Gasteiger partial charge in [-0.25, -0.2) is 4.79 Å². The van der Waals surface area contributed by atoms with Gasteiger partial charge in [0.1, 0.15) is 0 Å². The molecule has 6 nitrogen and oxygen atoms in total. The third-order valence-corrected chi connectivity index (χ3v) is 4.76. The Bertz CT molecular complexity index is 409. The monoisotopic (exact) mass is 292 g/mol. The maximum absolute atomic E-state index is 11.6. The molecule has 0 aromatic carbocycles. The fourth-order valence-corrected chi connectivity index (χ4v) is 3.39. The van der Waals surface area contributed by atoms with Crippen LogP contribution in [0.25, 0.3) is 0 Å². The normalized spacial score (nSPS) is 11.9. The molecule has 0 aliphatic heterocycles. The van der Waals surface area contributed by atoms with Gasteiger partial charge in [-0.05, 0) is 13.2 Å². The van der Waals surface area contributed by atoms with Crippen LogP contribution < -0.4 is 10.6 Å². The molecular weight excluding hydrogens is 280 g/mol. The van der Waals surface area contributed by atoms with Crippen LogP contribution in [0.4, 0.5) is 4.79 Å². The number of imide groups is 1. The molecule has 2 N–H and O–H groups in total. The molecule has 1 aromatic rings. The number of amides is 3. The average Bonchev–Trinajstić information content (AvgIpc) is 2.76. The van der Waals surface area contributed by atoms with E-state index in [9.17, 15) is 9.59 Å². The maximum Gasteiger partial charge on any atom is 0.321 e. The Kier molecular flexibility index (Phi) is 5.72. The van der Waals surface area contributed by atoms with Crippen LogP contribution in [-0.2, 0) is 4.79 Å². The van der Waals surface area contributed by atoms with Crippen molar-refractivity contribution < 1.29 is 9.59 Å². The van der Waals surface area contributed by atoms with Crippen molar-refractivity contribution in [1.82, 2.24) is 20.8 Å². The second-order valence-corrected chi connectivity index (χ2v) is 6.49. The summed E-state index contributed by atoms with van der Waals surface area (Å²) in [5, 5.41) is 12.0. The van der Waals surface area contributed by atoms with E-state index in [1.54, 1.807) is 6.92 Å². The third-order valence-electron chi connectivity index (χ3n) is 1.67. The van der Waals surface area contributed by atoms with Crippen molar-refractivity contribution in [2.75, 3.05) is 13.3 Å². The van der Waals surface area contributed by atoms with Gasteiger partial charge in [0, 0.05) is 7.05 Å². The molecule has 0 spiro atoms. The predicted octanol–water partition coefficient (Wildman–Crippen LogP) is 1.20. The second kappa shape index (κ2) is 6.82. The van der Waals surface area contributed by atoms with E-state index in [1.807, 2.05) is 6.26 Å². The van der Waals surface area contributed by atoms with Gasteiger partial charge in [0.2, 0.25) is 5.91 Å². The zero-order chi connectivity index (χ0) is 12.8. The molecule has 0 radical (unpaired) electrons. The van der Waals surface area contributed by atoms with E-state index in [1.165, 1.54) is 41.9 Å². The summed E-state index contributed by atoms with van der Waals surface area (Å²) in [4.78, 5) is 22.5. The van der Waals surface area contributed by atoms with Crippen LogP contribution >= 0.6 is 34.9 Å². The Hall–Kier alpha value is -0.800. The SMILES string of the molecule is CNC(=O)NC(=O)C(C)Sc1nnc(SC)s1. The lowest BCUT2D eigenvalue weighted by molar-refractivity contribution is -0.119. The highest BCUT2D eigenvalue weighted by Crippen LogP contribution is 2.29. The van der Waals surface area contributed by atoms with Gasteiger partial charge >= 0.3 is 6.03 Å². The van der Waals surface area contributed by atoms with Crippen molar-refractivity contribution in [2.45, 2.75) is 20.9 Å². The summed E-state index contributed by atoms with van der Waals surface area (Å²) in [5.41, 5.74) is 0. The smallest absolute Gasteiger partial charge is 0.321 e. The predicted molar refractivity (Wildman–Crippen MR) is 69.6 cm³/mol. The summed E-state index contributed by atoms with van der Waals surface area (Å²) in [6.07, 6.45) is 1.91. The lowest BCUT2D eigenvalue weighted by Crippen LogP contribution is -2.41. The highest BCUT2D eigenvalue weighted by Gasteiger charge is 2.18. The molecule has 1 heterocycles. The zero-order valence-electron chi connectivity index (χ0n) is 9.51. The minimum absolute atomic E-state index is 0.352. The van der Waals surface area contributed by atoms with Crippen molar-refractivity contribution >= 4 is 46.8 Å². The van der Waals surface area contributed by atoms with Gasteiger partial charge in [-0.1, -0.05) is 34.9 Å². The number of carbonyl (C=O) groups is 2. The van der Waals surface area contributed by atoms with Crippen molar-refractivity contribution in [1.29, 1.82) is 0 Å². The van der Waals surface area contributed by atoms with E-state index in [0.29, 0.717) is 4.34 Å². The Balaban J connectivity index is 2.50. The van der Waals surface area contributed by atoms with Crippen LogP contribution in [0.3, 0.4) is 0 Å². The number of hydrogen-bond donors (Lipinski definition) is 2. The molecule has 1 unspecified atom stereocenters. The van der Waals surface area contributed by atoms with Gasteiger partial charge in [-0.2, -0.15) is 0 Å². The summed E-state index contributed by atoms with van der Waals surface area (Å²) in [6, 6.07) is -0.510. The number of carbonyl (C=O) groups excluding carboxylic acids is 2. The summed E-state index contributed by atoms with van der Waals surface area (Å²) in [7, 11) is 1.45. The average molecular weight is 292 g/mol. The van der Waals surface area contributed by atoms with Crippen LogP contribution in [0.15, 0.2) is 8.68 Å². The number of nitrogens with zero attached hydrogens (tertiary/aromatic N) is 2. The van der Waals surface area contributed by atoms with E-state index >= 15 is 0 Å². The second-order valence-electron chi connectivity index (χ2n) is 2.87. The number of hydrogen-bond acceptors (Lipinski definition) is 7. The molecule has 17 heavy (non-hydrogen) atoms. The van der Waals surface area contributed by atoms with Crippen molar-refractivity contribution in [3.63, 3.8) is 0 Å². The fraction of sp³-hybridized carbons (Fsp3) is 0.500. The van der Waals surface area contributed by atoms with Crippen LogP contribution in [0.1, 0.15) is 6.92 Å². The van der Waals surface area contributed by atoms with Crippen LogP contribution in [-0.4, -0.2) is 40.7 Å². The molecule has 94 valence electrons. The number of nitrogens with one attached hydrogen (secondary N) is 2. The van der Waals surface area contributed by atoms with Crippen molar-refractivity contribution in [3.05, 3.63) is 0 Å². The minimum Gasteiger partial charge on any atom is -0.341 e. The summed E-state index contributed by atoms with van der Waals surface area (Å²) in [6.45, 7) is 1.71. The first-order valence-corrected chi connectivity index (χ1v) is 7.55. The molecule has 0 saturated heterocycles. The first-order chi connectivity index (χ1) is 8.06. The Morgan fingerprint density at radius 3 is 2.53 bits per heavy atom. The Labute approximate surface area is 111 Å². The highest BCUT2D eigenvalue weighted by molar-refractivity contribution is 8.03. The third kappa shape index (κ3) is 4.52. The standard InChI is InChI=1S/C8H12N4O2S3/c1-4(5(13)10-6(14)9-2)16-8-12-11-7(15-3)17-8/h4H,1-3H3,(H2,9,10,13,14). The first kappa shape index (κ1) is 14.3. The van der Waals surface area contributed by atoms with Gasteiger partial charge in [0.15, 0.2) is 8.68 Å². The maximum atomic E-state index is 11.6. The van der Waals surface area contributed by atoms with Gasteiger partial charge < -0.3 is 5.32 Å². The molecule has 1 aromatic heterocycles. The summed E-state index contributed by atoms with van der Waals surface area (Å²) < 4.78 is 1.57. The van der Waals surface area contributed by atoms with Crippen molar-refractivity contribution in [2.24, 2.45) is 0 Å². The molecule has 3 amide bonds. The number of urea groups is 1. The molecule has 0 aliphatic rings. The lowest BCUT2D eigenvalue weighted by Gasteiger charge is -2.08. The summed E-state index contributed by atoms with van der Waals surface area (Å²) in [5.74, 6) is -0.352. The van der Waals surface area contributed by atoms with Gasteiger partial charge in [-0.15, -0.1) is 10.2 Å². The van der Waals surface area contributed by atoms with E-state index in [0.717, 1.165) is 4.34 Å². The molecule has 0 aliphatic carbocycles. The largest absolute Gasteiger partial charge is 0.341 e. The molecule has 0 bridgehead atoms. The molecule has 1 atom stereocenters. The van der Waals surface area contributed by atoms with E-state index in [2.05, 4.69) is 20.8 Å². The van der Waals surface area contributed by atoms with Crippen LogP contribution in [0.2, 0.25) is 0 Å². The zero-order valence-corrected chi connectivity index (χ0v) is 12.0. The van der Waals surface area contributed by atoms with E-state index in [4.69, 9.17) is 0 Å². The number of thioether (sulfide) groups is 2. The number of rotatable bonds is 4. The minimum atomic E-state index is -0.510. The van der Waals surface area contributed by atoms with Crippen LogP contribution in [0.5, 0.6) is 0 Å². The van der Waals surface area contributed by atoms with Crippen LogP contribution in [0, 0.1) is 0 Å². The number of aromatic nitrogens is 2. The molecular formula is C8H12N4O2S3. The summed E-state index contributed by atoms with van der Waals surface area (Å²) >= 11 is 4.21. The lowest BCUT2D eigenvalue weighted by atomic mass is 10.4. The topological polar surface area (TPSA) is 84.0 Å². The molecule has 0 fully saturated rings. The highest BCUT2D eigenvalue weighted by atomic mass is 32.2. The Morgan fingerprint density at radius 2 is 2.00 bits per heavy atom. The molecule has 9 heteroatoms.